The molecule has 0 spiro atoms. The third-order valence-corrected chi connectivity index (χ3v) is 3.77. The standard InChI is InChI=1S/C19H15N3O5/c1-19(2)26-17(23)13(18(24)27-19)10-21-12-6-3-5-11(9-12)16-22-15-14(25-16)7-4-8-20-15/h3-10,21H,1-2H3. The van der Waals surface area contributed by atoms with Crippen molar-refractivity contribution >= 4 is 28.9 Å². The maximum atomic E-state index is 12.0. The van der Waals surface area contributed by atoms with E-state index in [-0.39, 0.29) is 5.57 Å². The number of aromatic nitrogens is 2. The molecule has 0 bridgehead atoms. The van der Waals surface area contributed by atoms with Crippen molar-refractivity contribution < 1.29 is 23.5 Å². The lowest BCUT2D eigenvalue weighted by Crippen LogP contribution is -2.42. The fraction of sp³-hybridized carbons (Fsp3) is 0.158. The normalized spacial score (nSPS) is 16.0. The van der Waals surface area contributed by atoms with Gasteiger partial charge in [0.2, 0.25) is 5.89 Å². The number of pyridine rings is 1. The zero-order chi connectivity index (χ0) is 19.0. The van der Waals surface area contributed by atoms with Crippen molar-refractivity contribution in [2.24, 2.45) is 0 Å². The Morgan fingerprint density at radius 3 is 2.59 bits per heavy atom. The minimum atomic E-state index is -1.27. The Morgan fingerprint density at radius 2 is 1.85 bits per heavy atom. The Kier molecular flexibility index (Phi) is 3.88. The van der Waals surface area contributed by atoms with Crippen molar-refractivity contribution in [2.45, 2.75) is 19.6 Å². The van der Waals surface area contributed by atoms with Gasteiger partial charge in [0.05, 0.1) is 0 Å². The average Bonchev–Trinajstić information content (AvgIpc) is 3.04. The van der Waals surface area contributed by atoms with Gasteiger partial charge < -0.3 is 19.2 Å². The van der Waals surface area contributed by atoms with Gasteiger partial charge >= 0.3 is 11.9 Å². The number of nitrogens with one attached hydrogen (secondary N) is 1. The van der Waals surface area contributed by atoms with Crippen LogP contribution in [-0.2, 0) is 19.1 Å². The molecule has 1 aliphatic rings. The van der Waals surface area contributed by atoms with Gasteiger partial charge in [0, 0.05) is 37.5 Å². The highest BCUT2D eigenvalue weighted by Gasteiger charge is 2.38. The summed E-state index contributed by atoms with van der Waals surface area (Å²) >= 11 is 0. The fourth-order valence-electron chi connectivity index (χ4n) is 2.57. The first kappa shape index (κ1) is 16.8. The quantitative estimate of drug-likeness (QED) is 0.429. The second-order valence-electron chi connectivity index (χ2n) is 6.31. The number of ether oxygens (including phenoxy) is 2. The van der Waals surface area contributed by atoms with E-state index in [4.69, 9.17) is 13.9 Å². The molecule has 0 amide bonds. The molecule has 3 aromatic rings. The minimum absolute atomic E-state index is 0.217. The minimum Gasteiger partial charge on any atom is -0.434 e. The van der Waals surface area contributed by atoms with Crippen LogP contribution in [-0.4, -0.2) is 27.7 Å². The maximum Gasteiger partial charge on any atom is 0.350 e. The molecule has 8 nitrogen and oxygen atoms in total. The van der Waals surface area contributed by atoms with E-state index in [1.165, 1.54) is 20.0 Å². The molecule has 1 saturated heterocycles. The number of fused-ring (bicyclic) bond motifs is 1. The topological polar surface area (TPSA) is 104 Å². The summed E-state index contributed by atoms with van der Waals surface area (Å²) in [5.41, 5.74) is 2.23. The number of hydrogen-bond acceptors (Lipinski definition) is 8. The zero-order valence-corrected chi connectivity index (χ0v) is 14.6. The Bertz CT molecular complexity index is 1030. The number of benzene rings is 1. The molecule has 3 heterocycles. The summed E-state index contributed by atoms with van der Waals surface area (Å²) in [6.07, 6.45) is 2.90. The molecule has 0 aliphatic carbocycles. The first-order valence-electron chi connectivity index (χ1n) is 8.17. The van der Waals surface area contributed by atoms with E-state index in [1.54, 1.807) is 36.5 Å². The lowest BCUT2D eigenvalue weighted by atomic mass is 10.2. The number of esters is 2. The van der Waals surface area contributed by atoms with Gasteiger partial charge in [-0.15, -0.1) is 0 Å². The van der Waals surface area contributed by atoms with E-state index < -0.39 is 17.7 Å². The lowest BCUT2D eigenvalue weighted by Gasteiger charge is -2.29. The van der Waals surface area contributed by atoms with Crippen molar-refractivity contribution in [3.63, 3.8) is 0 Å². The maximum absolute atomic E-state index is 12.0. The summed E-state index contributed by atoms with van der Waals surface area (Å²) in [7, 11) is 0. The average molecular weight is 365 g/mol. The molecule has 27 heavy (non-hydrogen) atoms. The Balaban J connectivity index is 1.58. The predicted molar refractivity (Wildman–Crippen MR) is 95.2 cm³/mol. The summed E-state index contributed by atoms with van der Waals surface area (Å²) in [5, 5.41) is 2.90. The smallest absolute Gasteiger partial charge is 0.350 e. The Labute approximate surface area is 153 Å². The molecule has 1 aromatic carbocycles. The summed E-state index contributed by atoms with van der Waals surface area (Å²) in [5.74, 6) is -2.35. The number of oxazole rings is 1. The van der Waals surface area contributed by atoms with Gasteiger partial charge in [0.25, 0.3) is 5.79 Å². The van der Waals surface area contributed by atoms with Crippen LogP contribution in [0.15, 0.2) is 58.8 Å². The highest BCUT2D eigenvalue weighted by Crippen LogP contribution is 2.26. The van der Waals surface area contributed by atoms with E-state index >= 15 is 0 Å². The van der Waals surface area contributed by atoms with Crippen LogP contribution in [0.25, 0.3) is 22.7 Å². The molecule has 1 N–H and O–H groups in total. The highest BCUT2D eigenvalue weighted by molar-refractivity contribution is 6.15. The molecule has 0 unspecified atom stereocenters. The van der Waals surface area contributed by atoms with E-state index in [1.807, 2.05) is 6.07 Å². The highest BCUT2D eigenvalue weighted by atomic mass is 16.7. The van der Waals surface area contributed by atoms with Crippen molar-refractivity contribution in [1.29, 1.82) is 0 Å². The number of hydrogen-bond donors (Lipinski definition) is 1. The van der Waals surface area contributed by atoms with Gasteiger partial charge in [-0.3, -0.25) is 0 Å². The van der Waals surface area contributed by atoms with Crippen LogP contribution < -0.4 is 5.32 Å². The fourth-order valence-corrected chi connectivity index (χ4v) is 2.57. The summed E-state index contributed by atoms with van der Waals surface area (Å²) < 4.78 is 15.8. The summed E-state index contributed by atoms with van der Waals surface area (Å²) in [6.45, 7) is 2.98. The summed E-state index contributed by atoms with van der Waals surface area (Å²) in [4.78, 5) is 32.4. The third kappa shape index (κ3) is 3.37. The lowest BCUT2D eigenvalue weighted by molar-refractivity contribution is -0.222. The Morgan fingerprint density at radius 1 is 1.07 bits per heavy atom. The molecule has 1 aliphatic heterocycles. The van der Waals surface area contributed by atoms with Crippen molar-refractivity contribution in [3.05, 3.63) is 54.4 Å². The number of rotatable bonds is 3. The van der Waals surface area contributed by atoms with Gasteiger partial charge in [-0.1, -0.05) is 6.07 Å². The van der Waals surface area contributed by atoms with Crippen molar-refractivity contribution in [1.82, 2.24) is 9.97 Å². The first-order valence-corrected chi connectivity index (χ1v) is 8.17. The Hall–Kier alpha value is -3.68. The predicted octanol–water partition coefficient (Wildman–Crippen LogP) is 3.02. The van der Waals surface area contributed by atoms with Crippen LogP contribution >= 0.6 is 0 Å². The number of carbonyl (C=O) groups excluding carboxylic acids is 2. The van der Waals surface area contributed by atoms with Crippen LogP contribution in [0.2, 0.25) is 0 Å². The van der Waals surface area contributed by atoms with E-state index in [0.717, 1.165) is 0 Å². The van der Waals surface area contributed by atoms with Crippen LogP contribution in [0.4, 0.5) is 5.69 Å². The third-order valence-electron chi connectivity index (χ3n) is 3.77. The van der Waals surface area contributed by atoms with Crippen LogP contribution in [0, 0.1) is 0 Å². The van der Waals surface area contributed by atoms with Gasteiger partial charge in [-0.2, -0.15) is 4.98 Å². The van der Waals surface area contributed by atoms with E-state index in [2.05, 4.69) is 15.3 Å². The molecule has 136 valence electrons. The molecule has 8 heteroatoms. The number of nitrogens with zero attached hydrogens (tertiary/aromatic N) is 2. The number of carbonyl (C=O) groups is 2. The summed E-state index contributed by atoms with van der Waals surface area (Å²) in [6, 6.07) is 10.7. The second-order valence-corrected chi connectivity index (χ2v) is 6.31. The molecule has 4 rings (SSSR count). The molecular formula is C19H15N3O5. The molecule has 0 saturated carbocycles. The van der Waals surface area contributed by atoms with Gasteiger partial charge in [0.1, 0.15) is 0 Å². The van der Waals surface area contributed by atoms with Gasteiger partial charge in [0.15, 0.2) is 16.8 Å². The number of anilines is 1. The zero-order valence-electron chi connectivity index (χ0n) is 14.6. The molecule has 2 aromatic heterocycles. The molecular weight excluding hydrogens is 350 g/mol. The second kappa shape index (κ2) is 6.24. The van der Waals surface area contributed by atoms with Crippen molar-refractivity contribution in [3.8, 4) is 11.5 Å². The first-order chi connectivity index (χ1) is 12.9. The van der Waals surface area contributed by atoms with Crippen molar-refractivity contribution in [2.75, 3.05) is 5.32 Å². The van der Waals surface area contributed by atoms with E-state index in [0.29, 0.717) is 28.4 Å². The molecule has 1 fully saturated rings. The monoisotopic (exact) mass is 365 g/mol. The SMILES string of the molecule is CC1(C)OC(=O)C(=CNc2cccc(-c3nc4ncccc4o3)c2)C(=O)O1. The number of cyclic esters (lactones) is 2. The molecule has 0 radical (unpaired) electrons. The van der Waals surface area contributed by atoms with Crippen LogP contribution in [0.1, 0.15) is 13.8 Å². The van der Waals surface area contributed by atoms with Gasteiger partial charge in [-0.05, 0) is 30.3 Å². The molecule has 0 atom stereocenters. The van der Waals surface area contributed by atoms with Crippen LogP contribution in [0.5, 0.6) is 0 Å². The largest absolute Gasteiger partial charge is 0.434 e. The van der Waals surface area contributed by atoms with Crippen LogP contribution in [0.3, 0.4) is 0 Å². The van der Waals surface area contributed by atoms with Gasteiger partial charge in [-0.25, -0.2) is 14.6 Å². The van der Waals surface area contributed by atoms with E-state index in [9.17, 15) is 9.59 Å².